The van der Waals surface area contributed by atoms with Gasteiger partial charge < -0.3 is 16.0 Å². The van der Waals surface area contributed by atoms with Crippen molar-refractivity contribution in [2.75, 3.05) is 26.2 Å². The van der Waals surface area contributed by atoms with Gasteiger partial charge in [0.1, 0.15) is 5.69 Å². The smallest absolute Gasteiger partial charge is 0.270 e. The predicted molar refractivity (Wildman–Crippen MR) is 82.8 cm³/mol. The van der Waals surface area contributed by atoms with Gasteiger partial charge in [0.2, 0.25) is 0 Å². The molecule has 5 nitrogen and oxygen atoms in total. The van der Waals surface area contributed by atoms with Crippen LogP contribution in [-0.4, -0.2) is 48.0 Å². The summed E-state index contributed by atoms with van der Waals surface area (Å²) in [6, 6.07) is 3.71. The maximum atomic E-state index is 12.2. The lowest BCUT2D eigenvalue weighted by molar-refractivity contribution is 0.0901. The number of amides is 1. The Hall–Kier alpha value is -1.90. The van der Waals surface area contributed by atoms with E-state index in [1.54, 1.807) is 18.3 Å². The van der Waals surface area contributed by atoms with Crippen molar-refractivity contribution in [2.45, 2.75) is 25.8 Å². The van der Waals surface area contributed by atoms with E-state index in [-0.39, 0.29) is 11.9 Å². The normalized spacial score (nSPS) is 18.7. The number of nitrogens with one attached hydrogen (secondary N) is 1. The lowest BCUT2D eigenvalue weighted by atomic mass is 10.1. The van der Waals surface area contributed by atoms with Crippen molar-refractivity contribution in [1.82, 2.24) is 15.2 Å². The van der Waals surface area contributed by atoms with E-state index >= 15 is 0 Å². The zero-order chi connectivity index (χ0) is 15.1. The Morgan fingerprint density at radius 2 is 2.43 bits per heavy atom. The molecule has 2 rings (SSSR count). The molecule has 1 unspecified atom stereocenters. The molecule has 3 N–H and O–H groups in total. The van der Waals surface area contributed by atoms with Gasteiger partial charge in [-0.2, -0.15) is 0 Å². The van der Waals surface area contributed by atoms with Crippen molar-refractivity contribution in [2.24, 2.45) is 5.73 Å². The van der Waals surface area contributed by atoms with E-state index in [1.165, 1.54) is 0 Å². The molecule has 1 fully saturated rings. The van der Waals surface area contributed by atoms with E-state index in [0.717, 1.165) is 38.0 Å². The number of nitrogens with two attached hydrogens (primary N) is 1. The predicted octanol–water partition coefficient (Wildman–Crippen LogP) is 0.606. The van der Waals surface area contributed by atoms with Crippen LogP contribution in [0, 0.1) is 11.8 Å². The number of piperidine rings is 1. The summed E-state index contributed by atoms with van der Waals surface area (Å²) in [7, 11) is 0. The molecule has 0 saturated carbocycles. The second-order valence-electron chi connectivity index (χ2n) is 5.14. The minimum atomic E-state index is -0.115. The third-order valence-corrected chi connectivity index (χ3v) is 3.62. The van der Waals surface area contributed by atoms with E-state index in [2.05, 4.69) is 34.0 Å². The van der Waals surface area contributed by atoms with Crippen LogP contribution < -0.4 is 11.1 Å². The zero-order valence-corrected chi connectivity index (χ0v) is 12.4. The highest BCUT2D eigenvalue weighted by atomic mass is 16.1. The molecule has 0 aliphatic carbocycles. The van der Waals surface area contributed by atoms with Gasteiger partial charge in [-0.3, -0.25) is 4.79 Å². The van der Waals surface area contributed by atoms with Crippen molar-refractivity contribution < 1.29 is 4.79 Å². The summed E-state index contributed by atoms with van der Waals surface area (Å²) < 4.78 is 0. The van der Waals surface area contributed by atoms with Gasteiger partial charge in [0.25, 0.3) is 5.91 Å². The Morgan fingerprint density at radius 1 is 1.57 bits per heavy atom. The molecule has 1 aliphatic heterocycles. The van der Waals surface area contributed by atoms with Gasteiger partial charge in [-0.25, -0.2) is 4.98 Å². The second kappa shape index (κ2) is 7.77. The Labute approximate surface area is 125 Å². The van der Waals surface area contributed by atoms with Crippen molar-refractivity contribution in [3.8, 4) is 11.8 Å². The van der Waals surface area contributed by atoms with E-state index < -0.39 is 0 Å². The molecule has 1 aliphatic rings. The van der Waals surface area contributed by atoms with Gasteiger partial charge in [0, 0.05) is 24.3 Å². The van der Waals surface area contributed by atoms with Crippen LogP contribution in [0.15, 0.2) is 18.3 Å². The van der Waals surface area contributed by atoms with Crippen LogP contribution in [0.5, 0.6) is 0 Å². The number of hydrogen-bond acceptors (Lipinski definition) is 4. The van der Waals surface area contributed by atoms with Crippen LogP contribution >= 0.6 is 0 Å². The van der Waals surface area contributed by atoms with Gasteiger partial charge in [0.15, 0.2) is 0 Å². The molecule has 1 aromatic rings. The molecule has 1 atom stereocenters. The summed E-state index contributed by atoms with van der Waals surface area (Å²) in [5.74, 6) is 5.54. The number of likely N-dealkylation sites (N-methyl/N-ethyl adjacent to an activating group) is 1. The van der Waals surface area contributed by atoms with Crippen LogP contribution in [0.25, 0.3) is 0 Å². The number of rotatable bonds is 3. The molecule has 0 spiro atoms. The molecule has 21 heavy (non-hydrogen) atoms. The molecule has 0 aromatic carbocycles. The average molecular weight is 286 g/mol. The zero-order valence-electron chi connectivity index (χ0n) is 12.4. The number of aromatic nitrogens is 1. The Bertz CT molecular complexity index is 529. The second-order valence-corrected chi connectivity index (χ2v) is 5.14. The van der Waals surface area contributed by atoms with E-state index in [1.807, 2.05) is 0 Å². The van der Waals surface area contributed by atoms with Crippen molar-refractivity contribution in [3.05, 3.63) is 29.6 Å². The monoisotopic (exact) mass is 286 g/mol. The van der Waals surface area contributed by atoms with E-state index in [0.29, 0.717) is 12.2 Å². The average Bonchev–Trinajstić information content (AvgIpc) is 2.53. The van der Waals surface area contributed by atoms with Crippen molar-refractivity contribution >= 4 is 5.91 Å². The highest BCUT2D eigenvalue weighted by molar-refractivity contribution is 5.92. The quantitative estimate of drug-likeness (QED) is 0.799. The minimum absolute atomic E-state index is 0.115. The number of nitrogens with zero attached hydrogens (tertiary/aromatic N) is 2. The van der Waals surface area contributed by atoms with Gasteiger partial charge >= 0.3 is 0 Å². The Morgan fingerprint density at radius 3 is 3.10 bits per heavy atom. The fourth-order valence-corrected chi connectivity index (χ4v) is 2.48. The summed E-state index contributed by atoms with van der Waals surface area (Å²) in [6.07, 6.45) is 3.76. The molecule has 1 aromatic heterocycles. The lowest BCUT2D eigenvalue weighted by Gasteiger charge is -2.32. The molecular weight excluding hydrogens is 264 g/mol. The number of carbonyl (C=O) groups is 1. The van der Waals surface area contributed by atoms with Gasteiger partial charge in [-0.1, -0.05) is 18.8 Å². The number of carbonyl (C=O) groups excluding carboxylic acids is 1. The molecule has 2 heterocycles. The summed E-state index contributed by atoms with van der Waals surface area (Å²) in [6.45, 7) is 5.53. The minimum Gasteiger partial charge on any atom is -0.347 e. The standard InChI is InChI=1S/C16H22N4O/c1-2-20-10-4-6-14(12-20)19-16(21)15-8-7-13(11-18-15)5-3-9-17/h7-8,11,14H,2,4,6,9-10,12,17H2,1H3,(H,19,21). The Kier molecular flexibility index (Phi) is 5.73. The van der Waals surface area contributed by atoms with Crippen LogP contribution in [0.1, 0.15) is 35.8 Å². The maximum absolute atomic E-state index is 12.2. The molecule has 1 saturated heterocycles. The number of hydrogen-bond donors (Lipinski definition) is 2. The summed E-state index contributed by atoms with van der Waals surface area (Å²) >= 11 is 0. The van der Waals surface area contributed by atoms with Gasteiger partial charge in [-0.05, 0) is 38.1 Å². The third-order valence-electron chi connectivity index (χ3n) is 3.62. The fourth-order valence-electron chi connectivity index (χ4n) is 2.48. The first kappa shape index (κ1) is 15.5. The molecule has 0 radical (unpaired) electrons. The molecule has 5 heteroatoms. The van der Waals surface area contributed by atoms with Crippen molar-refractivity contribution in [1.29, 1.82) is 0 Å². The first-order valence-electron chi connectivity index (χ1n) is 7.41. The summed E-state index contributed by atoms with van der Waals surface area (Å²) in [5, 5.41) is 3.06. The maximum Gasteiger partial charge on any atom is 0.270 e. The van der Waals surface area contributed by atoms with E-state index in [4.69, 9.17) is 5.73 Å². The molecule has 112 valence electrons. The van der Waals surface area contributed by atoms with E-state index in [9.17, 15) is 4.79 Å². The summed E-state index contributed by atoms with van der Waals surface area (Å²) in [4.78, 5) is 18.7. The van der Waals surface area contributed by atoms with Crippen LogP contribution in [0.2, 0.25) is 0 Å². The highest BCUT2D eigenvalue weighted by Gasteiger charge is 2.21. The SMILES string of the molecule is CCN1CCCC(NC(=O)c2ccc(C#CCN)cn2)C1. The lowest BCUT2D eigenvalue weighted by Crippen LogP contribution is -2.47. The molecule has 0 bridgehead atoms. The van der Waals surface area contributed by atoms with Crippen molar-refractivity contribution in [3.63, 3.8) is 0 Å². The Balaban J connectivity index is 1.93. The third kappa shape index (κ3) is 4.55. The largest absolute Gasteiger partial charge is 0.347 e. The van der Waals surface area contributed by atoms with Gasteiger partial charge in [0.05, 0.1) is 6.54 Å². The topological polar surface area (TPSA) is 71.2 Å². The van der Waals surface area contributed by atoms with Gasteiger partial charge in [-0.15, -0.1) is 0 Å². The first-order valence-corrected chi connectivity index (χ1v) is 7.41. The fraction of sp³-hybridized carbons (Fsp3) is 0.500. The number of pyridine rings is 1. The first-order chi connectivity index (χ1) is 10.2. The molecular formula is C16H22N4O. The molecule has 1 amide bonds. The number of likely N-dealkylation sites (tertiary alicyclic amines) is 1. The highest BCUT2D eigenvalue weighted by Crippen LogP contribution is 2.10. The van der Waals surface area contributed by atoms with Crippen LogP contribution in [-0.2, 0) is 0 Å². The van der Waals surface area contributed by atoms with Crippen LogP contribution in [0.4, 0.5) is 0 Å². The van der Waals surface area contributed by atoms with Crippen LogP contribution in [0.3, 0.4) is 0 Å². The summed E-state index contributed by atoms with van der Waals surface area (Å²) in [5.41, 5.74) is 6.52.